The van der Waals surface area contributed by atoms with Gasteiger partial charge in [-0.05, 0) is 26.2 Å². The third-order valence-electron chi connectivity index (χ3n) is 5.42. The monoisotopic (exact) mass is 406 g/mol. The topological polar surface area (TPSA) is 98.7 Å². The van der Waals surface area contributed by atoms with Crippen molar-refractivity contribution in [3.63, 3.8) is 0 Å². The lowest BCUT2D eigenvalue weighted by atomic mass is 10.1. The van der Waals surface area contributed by atoms with Gasteiger partial charge < -0.3 is 20.9 Å². The van der Waals surface area contributed by atoms with Crippen LogP contribution < -0.4 is 16.0 Å². The number of carbonyl (C=O) groups excluding carboxylic acids is 2. The van der Waals surface area contributed by atoms with Crippen molar-refractivity contribution in [2.75, 3.05) is 33.2 Å². The van der Waals surface area contributed by atoms with Crippen molar-refractivity contribution >= 4 is 29.1 Å². The lowest BCUT2D eigenvalue weighted by Gasteiger charge is -2.21. The van der Waals surface area contributed by atoms with Crippen LogP contribution in [0.15, 0.2) is 10.5 Å². The van der Waals surface area contributed by atoms with Crippen LogP contribution in [0.5, 0.6) is 0 Å². The van der Waals surface area contributed by atoms with Gasteiger partial charge in [0, 0.05) is 45.2 Å². The van der Waals surface area contributed by atoms with Crippen molar-refractivity contribution in [1.82, 2.24) is 25.8 Å². The van der Waals surface area contributed by atoms with Crippen LogP contribution in [0.25, 0.3) is 0 Å². The summed E-state index contributed by atoms with van der Waals surface area (Å²) in [7, 11) is 1.73. The summed E-state index contributed by atoms with van der Waals surface area (Å²) in [5.41, 5.74) is 2.43. The van der Waals surface area contributed by atoms with E-state index >= 15 is 0 Å². The Morgan fingerprint density at radius 3 is 2.68 bits per heavy atom. The third kappa shape index (κ3) is 5.21. The van der Waals surface area contributed by atoms with Gasteiger partial charge in [0.25, 0.3) is 5.91 Å². The fraction of sp³-hybridized carbons (Fsp3) is 0.684. The van der Waals surface area contributed by atoms with E-state index in [1.165, 1.54) is 24.2 Å². The van der Waals surface area contributed by atoms with Gasteiger partial charge in [-0.3, -0.25) is 14.6 Å². The third-order valence-corrected chi connectivity index (χ3v) is 6.35. The minimum Gasteiger partial charge on any atom is -0.355 e. The van der Waals surface area contributed by atoms with Crippen molar-refractivity contribution in [3.8, 4) is 0 Å². The summed E-state index contributed by atoms with van der Waals surface area (Å²) in [6.45, 7) is 4.44. The zero-order valence-electron chi connectivity index (χ0n) is 16.7. The highest BCUT2D eigenvalue weighted by Gasteiger charge is 2.32. The Morgan fingerprint density at radius 1 is 1.25 bits per heavy atom. The lowest BCUT2D eigenvalue weighted by molar-refractivity contribution is -0.134. The van der Waals surface area contributed by atoms with E-state index in [4.69, 9.17) is 0 Å². The smallest absolute Gasteiger partial charge is 0.263 e. The standard InChI is InChI=1S/C19H30N6O2S/c1-13-16(28-12-23-13)17(26)21-8-9-22-19(20-2)24-15-7-10-25(11-15)18(27)14-5-3-4-6-14/h12,14-15H,3-11H2,1-2H3,(H,21,26)(H2,20,22,24). The number of aromatic nitrogens is 1. The lowest BCUT2D eigenvalue weighted by Crippen LogP contribution is -2.47. The number of carbonyl (C=O) groups is 2. The molecule has 1 saturated carbocycles. The number of hydrogen-bond acceptors (Lipinski definition) is 5. The molecule has 0 radical (unpaired) electrons. The molecular formula is C19H30N6O2S. The van der Waals surface area contributed by atoms with Gasteiger partial charge in [0.05, 0.1) is 11.2 Å². The Morgan fingerprint density at radius 2 is 2.00 bits per heavy atom. The van der Waals surface area contributed by atoms with Crippen molar-refractivity contribution in [3.05, 3.63) is 16.1 Å². The minimum absolute atomic E-state index is 0.0957. The van der Waals surface area contributed by atoms with Crippen LogP contribution in [-0.2, 0) is 4.79 Å². The van der Waals surface area contributed by atoms with Crippen molar-refractivity contribution < 1.29 is 9.59 Å². The zero-order chi connectivity index (χ0) is 19.9. The van der Waals surface area contributed by atoms with E-state index in [0.29, 0.717) is 29.8 Å². The summed E-state index contributed by atoms with van der Waals surface area (Å²) in [6.07, 6.45) is 5.39. The van der Waals surface area contributed by atoms with Crippen molar-refractivity contribution in [1.29, 1.82) is 0 Å². The average molecular weight is 407 g/mol. The van der Waals surface area contributed by atoms with Crippen LogP contribution in [0, 0.1) is 12.8 Å². The number of likely N-dealkylation sites (tertiary alicyclic amines) is 1. The normalized spacial score (nSPS) is 20.4. The van der Waals surface area contributed by atoms with Gasteiger partial charge in [-0.1, -0.05) is 12.8 Å². The molecule has 0 aromatic carbocycles. The van der Waals surface area contributed by atoms with Gasteiger partial charge >= 0.3 is 0 Å². The molecule has 1 aliphatic heterocycles. The maximum atomic E-state index is 12.6. The van der Waals surface area contributed by atoms with Crippen LogP contribution in [0.4, 0.5) is 0 Å². The molecule has 3 rings (SSSR count). The van der Waals surface area contributed by atoms with Crippen LogP contribution in [0.2, 0.25) is 0 Å². The molecule has 2 heterocycles. The SMILES string of the molecule is CN=C(NCCNC(=O)c1scnc1C)NC1CCN(C(=O)C2CCCC2)C1. The Hall–Kier alpha value is -2.16. The molecule has 9 heteroatoms. The summed E-state index contributed by atoms with van der Waals surface area (Å²) in [6, 6.07) is 0.214. The van der Waals surface area contributed by atoms with Gasteiger partial charge in [0.2, 0.25) is 5.91 Å². The molecule has 28 heavy (non-hydrogen) atoms. The molecule has 3 N–H and O–H groups in total. The Bertz CT molecular complexity index is 713. The van der Waals surface area contributed by atoms with Crippen molar-refractivity contribution in [2.24, 2.45) is 10.9 Å². The van der Waals surface area contributed by atoms with E-state index in [2.05, 4.69) is 25.9 Å². The highest BCUT2D eigenvalue weighted by Crippen LogP contribution is 2.27. The van der Waals surface area contributed by atoms with Crippen LogP contribution in [0.1, 0.15) is 47.5 Å². The second kappa shape index (κ2) is 9.86. The molecule has 1 aromatic rings. The van der Waals surface area contributed by atoms with Gasteiger partial charge in [-0.15, -0.1) is 11.3 Å². The number of aliphatic imine (C=N–C) groups is 1. The highest BCUT2D eigenvalue weighted by molar-refractivity contribution is 7.11. The number of hydrogen-bond donors (Lipinski definition) is 3. The predicted molar refractivity (Wildman–Crippen MR) is 111 cm³/mol. The number of amides is 2. The number of nitrogens with one attached hydrogen (secondary N) is 3. The maximum Gasteiger partial charge on any atom is 0.263 e. The van der Waals surface area contributed by atoms with Crippen LogP contribution in [0.3, 0.4) is 0 Å². The molecule has 1 saturated heterocycles. The van der Waals surface area contributed by atoms with Gasteiger partial charge in [-0.2, -0.15) is 0 Å². The van der Waals surface area contributed by atoms with Crippen LogP contribution in [-0.4, -0.2) is 66.9 Å². The second-order valence-electron chi connectivity index (χ2n) is 7.42. The molecule has 1 aromatic heterocycles. The summed E-state index contributed by atoms with van der Waals surface area (Å²) >= 11 is 1.35. The fourth-order valence-electron chi connectivity index (χ4n) is 3.85. The molecule has 0 spiro atoms. The van der Waals surface area contributed by atoms with E-state index in [1.807, 2.05) is 11.8 Å². The number of thiazole rings is 1. The Balaban J connectivity index is 1.36. The van der Waals surface area contributed by atoms with Gasteiger partial charge in [0.1, 0.15) is 4.88 Å². The summed E-state index contributed by atoms with van der Waals surface area (Å²) in [5.74, 6) is 1.16. The molecule has 2 fully saturated rings. The maximum absolute atomic E-state index is 12.6. The van der Waals surface area contributed by atoms with Crippen molar-refractivity contribution in [2.45, 2.75) is 45.1 Å². The molecule has 8 nitrogen and oxygen atoms in total. The average Bonchev–Trinajstić information content (AvgIpc) is 3.45. The van der Waals surface area contributed by atoms with E-state index in [-0.39, 0.29) is 17.9 Å². The molecule has 154 valence electrons. The first-order valence-corrected chi connectivity index (χ1v) is 10.9. The number of guanidine groups is 1. The fourth-order valence-corrected chi connectivity index (χ4v) is 4.57. The molecular weight excluding hydrogens is 376 g/mol. The second-order valence-corrected chi connectivity index (χ2v) is 8.27. The summed E-state index contributed by atoms with van der Waals surface area (Å²) in [5, 5.41) is 9.49. The first-order valence-electron chi connectivity index (χ1n) is 10.0. The molecule has 2 aliphatic rings. The number of aryl methyl sites for hydroxylation is 1. The molecule has 1 aliphatic carbocycles. The Labute approximate surface area is 170 Å². The number of nitrogens with zero attached hydrogens (tertiary/aromatic N) is 3. The van der Waals surface area contributed by atoms with Crippen LogP contribution >= 0.6 is 11.3 Å². The van der Waals surface area contributed by atoms with E-state index in [9.17, 15) is 9.59 Å². The molecule has 0 bridgehead atoms. The zero-order valence-corrected chi connectivity index (χ0v) is 17.5. The predicted octanol–water partition coefficient (Wildman–Crippen LogP) is 1.14. The van der Waals surface area contributed by atoms with Gasteiger partial charge in [-0.25, -0.2) is 4.98 Å². The first-order chi connectivity index (χ1) is 13.6. The molecule has 1 unspecified atom stereocenters. The molecule has 1 atom stereocenters. The van der Waals surface area contributed by atoms with E-state index < -0.39 is 0 Å². The first kappa shape index (κ1) is 20.6. The minimum atomic E-state index is -0.0957. The summed E-state index contributed by atoms with van der Waals surface area (Å²) < 4.78 is 0. The highest BCUT2D eigenvalue weighted by atomic mass is 32.1. The quantitative estimate of drug-likeness (QED) is 0.374. The molecule has 2 amide bonds. The van der Waals surface area contributed by atoms with E-state index in [0.717, 1.165) is 38.0 Å². The Kier molecular flexibility index (Phi) is 7.24. The van der Waals surface area contributed by atoms with Gasteiger partial charge in [0.15, 0.2) is 5.96 Å². The number of rotatable bonds is 6. The summed E-state index contributed by atoms with van der Waals surface area (Å²) in [4.78, 5) is 35.6. The largest absolute Gasteiger partial charge is 0.355 e. The van der Waals surface area contributed by atoms with E-state index in [1.54, 1.807) is 12.6 Å².